The lowest BCUT2D eigenvalue weighted by Gasteiger charge is -2.05. The van der Waals surface area contributed by atoms with E-state index in [-0.39, 0.29) is 0 Å². The maximum atomic E-state index is 13.6. The van der Waals surface area contributed by atoms with Crippen molar-refractivity contribution in [3.63, 3.8) is 0 Å². The van der Waals surface area contributed by atoms with E-state index in [9.17, 15) is 13.6 Å². The van der Waals surface area contributed by atoms with Crippen molar-refractivity contribution < 1.29 is 13.6 Å². The van der Waals surface area contributed by atoms with Crippen LogP contribution in [-0.2, 0) is 4.79 Å². The predicted octanol–water partition coefficient (Wildman–Crippen LogP) is 4.42. The van der Waals surface area contributed by atoms with Gasteiger partial charge in [0.25, 0.3) is 0 Å². The summed E-state index contributed by atoms with van der Waals surface area (Å²) >= 11 is 0. The van der Waals surface area contributed by atoms with E-state index in [0.717, 1.165) is 34.8 Å². The molecule has 3 aromatic rings. The van der Waals surface area contributed by atoms with Crippen LogP contribution in [0.1, 0.15) is 17.0 Å². The number of rotatable bonds is 4. The fraction of sp³-hybridized carbons (Fsp3) is 0.100. The Morgan fingerprint density at radius 3 is 2.35 bits per heavy atom. The Morgan fingerprint density at radius 2 is 1.69 bits per heavy atom. The van der Waals surface area contributed by atoms with Crippen molar-refractivity contribution in [2.24, 2.45) is 0 Å². The Hall–Kier alpha value is -3.28. The average molecular weight is 353 g/mol. The molecule has 0 unspecified atom stereocenters. The number of amides is 1. The summed E-state index contributed by atoms with van der Waals surface area (Å²) in [5.41, 5.74) is 2.82. The molecule has 1 amide bonds. The molecule has 0 radical (unpaired) electrons. The number of aromatic nitrogens is 2. The van der Waals surface area contributed by atoms with E-state index >= 15 is 0 Å². The summed E-state index contributed by atoms with van der Waals surface area (Å²) in [6.07, 6.45) is 2.82. The largest absolute Gasteiger partial charge is 0.318 e. The molecule has 0 saturated heterocycles. The first-order valence-corrected chi connectivity index (χ1v) is 8.02. The van der Waals surface area contributed by atoms with Crippen LogP contribution in [0.5, 0.6) is 0 Å². The highest BCUT2D eigenvalue weighted by Gasteiger charge is 2.12. The van der Waals surface area contributed by atoms with Gasteiger partial charge in [0, 0.05) is 17.3 Å². The number of hydrogen-bond donors (Lipinski definition) is 1. The molecule has 4 nitrogen and oxygen atoms in total. The van der Waals surface area contributed by atoms with Crippen molar-refractivity contribution >= 4 is 17.7 Å². The molecule has 0 aliphatic carbocycles. The Bertz CT molecular complexity index is 958. The molecule has 1 aromatic heterocycles. The van der Waals surface area contributed by atoms with Crippen LogP contribution in [0.2, 0.25) is 0 Å². The third-order valence-corrected chi connectivity index (χ3v) is 3.96. The zero-order valence-corrected chi connectivity index (χ0v) is 14.3. The molecule has 1 heterocycles. The Balaban J connectivity index is 1.83. The number of benzene rings is 2. The van der Waals surface area contributed by atoms with Crippen molar-refractivity contribution in [1.82, 2.24) is 9.78 Å². The van der Waals surface area contributed by atoms with Gasteiger partial charge >= 0.3 is 0 Å². The number of carbonyl (C=O) groups excluding carboxylic acids is 1. The molecule has 0 bridgehead atoms. The van der Waals surface area contributed by atoms with Gasteiger partial charge in [-0.05, 0) is 44.2 Å². The molecule has 0 fully saturated rings. The lowest BCUT2D eigenvalue weighted by molar-refractivity contribution is -0.111. The summed E-state index contributed by atoms with van der Waals surface area (Å²) in [4.78, 5) is 12.0. The molecule has 0 aliphatic rings. The van der Waals surface area contributed by atoms with E-state index in [1.54, 1.807) is 10.8 Å². The zero-order chi connectivity index (χ0) is 18.7. The van der Waals surface area contributed by atoms with E-state index in [1.165, 1.54) is 12.1 Å². The molecule has 132 valence electrons. The van der Waals surface area contributed by atoms with Crippen molar-refractivity contribution in [2.75, 3.05) is 5.32 Å². The Labute approximate surface area is 149 Å². The second-order valence-electron chi connectivity index (χ2n) is 5.75. The van der Waals surface area contributed by atoms with Crippen LogP contribution in [-0.4, -0.2) is 15.7 Å². The number of anilines is 1. The van der Waals surface area contributed by atoms with Crippen molar-refractivity contribution in [1.29, 1.82) is 0 Å². The van der Waals surface area contributed by atoms with Gasteiger partial charge in [-0.15, -0.1) is 0 Å². The molecule has 0 saturated carbocycles. The number of aryl methyl sites for hydroxylation is 1. The summed E-state index contributed by atoms with van der Waals surface area (Å²) in [5.74, 6) is -2.27. The number of hydrogen-bond acceptors (Lipinski definition) is 2. The van der Waals surface area contributed by atoms with Gasteiger partial charge in [-0.1, -0.05) is 24.3 Å². The van der Waals surface area contributed by atoms with Gasteiger partial charge in [0.2, 0.25) is 5.91 Å². The predicted molar refractivity (Wildman–Crippen MR) is 97.1 cm³/mol. The number of nitrogens with one attached hydrogen (secondary N) is 1. The Kier molecular flexibility index (Phi) is 4.93. The molecular formula is C20H17F2N3O. The summed E-state index contributed by atoms with van der Waals surface area (Å²) in [7, 11) is 0. The summed E-state index contributed by atoms with van der Waals surface area (Å²) in [6, 6.07) is 13.0. The number of nitrogens with zero attached hydrogens (tertiary/aromatic N) is 2. The van der Waals surface area contributed by atoms with Gasteiger partial charge < -0.3 is 5.32 Å². The van der Waals surface area contributed by atoms with Gasteiger partial charge in [-0.3, -0.25) is 4.79 Å². The fourth-order valence-corrected chi connectivity index (χ4v) is 2.66. The summed E-state index contributed by atoms with van der Waals surface area (Å²) in [5, 5.41) is 6.71. The molecule has 0 atom stereocenters. The molecule has 3 rings (SSSR count). The van der Waals surface area contributed by atoms with Crippen molar-refractivity contribution in [3.05, 3.63) is 83.2 Å². The highest BCUT2D eigenvalue weighted by atomic mass is 19.1. The van der Waals surface area contributed by atoms with E-state index in [4.69, 9.17) is 0 Å². The van der Waals surface area contributed by atoms with E-state index < -0.39 is 23.2 Å². The lowest BCUT2D eigenvalue weighted by Crippen LogP contribution is -2.11. The summed E-state index contributed by atoms with van der Waals surface area (Å²) in [6.45, 7) is 3.72. The van der Waals surface area contributed by atoms with Crippen LogP contribution in [0.25, 0.3) is 11.8 Å². The minimum Gasteiger partial charge on any atom is -0.318 e. The van der Waals surface area contributed by atoms with Gasteiger partial charge in [-0.25, -0.2) is 13.5 Å². The molecule has 26 heavy (non-hydrogen) atoms. The van der Waals surface area contributed by atoms with Gasteiger partial charge in [-0.2, -0.15) is 5.10 Å². The molecule has 0 aliphatic heterocycles. The zero-order valence-electron chi connectivity index (χ0n) is 14.3. The maximum absolute atomic E-state index is 13.6. The molecular weight excluding hydrogens is 336 g/mol. The minimum atomic E-state index is -0.823. The third-order valence-electron chi connectivity index (χ3n) is 3.96. The van der Waals surface area contributed by atoms with Crippen LogP contribution in [0.3, 0.4) is 0 Å². The van der Waals surface area contributed by atoms with E-state index in [0.29, 0.717) is 0 Å². The minimum absolute atomic E-state index is 0.462. The highest BCUT2D eigenvalue weighted by Crippen LogP contribution is 2.20. The molecule has 6 heteroatoms. The topological polar surface area (TPSA) is 46.9 Å². The average Bonchev–Trinajstić information content (AvgIpc) is 2.91. The first-order valence-electron chi connectivity index (χ1n) is 8.02. The monoisotopic (exact) mass is 353 g/mol. The highest BCUT2D eigenvalue weighted by molar-refractivity contribution is 6.02. The number of para-hydroxylation sites is 2. The van der Waals surface area contributed by atoms with Crippen molar-refractivity contribution in [3.8, 4) is 5.69 Å². The molecule has 1 N–H and O–H groups in total. The van der Waals surface area contributed by atoms with Crippen LogP contribution in [0, 0.1) is 25.5 Å². The second kappa shape index (κ2) is 7.31. The second-order valence-corrected chi connectivity index (χ2v) is 5.75. The van der Waals surface area contributed by atoms with Gasteiger partial charge in [0.15, 0.2) is 0 Å². The third kappa shape index (κ3) is 3.54. The SMILES string of the molecule is Cc1nn(-c2ccccc2)c(C)c1/C=C/C(=O)Nc1c(F)cccc1F. The van der Waals surface area contributed by atoms with E-state index in [1.807, 2.05) is 44.2 Å². The van der Waals surface area contributed by atoms with Gasteiger partial charge in [0.05, 0.1) is 11.4 Å². The standard InChI is InChI=1S/C20H17F2N3O/c1-13-16(14(2)25(24-13)15-7-4-3-5-8-15)11-12-19(26)23-20-17(21)9-6-10-18(20)22/h3-12H,1-2H3,(H,23,26)/b12-11+. The first-order chi connectivity index (χ1) is 12.5. The smallest absolute Gasteiger partial charge is 0.248 e. The maximum Gasteiger partial charge on any atom is 0.248 e. The van der Waals surface area contributed by atoms with E-state index in [2.05, 4.69) is 10.4 Å². The fourth-order valence-electron chi connectivity index (χ4n) is 2.66. The molecule has 0 spiro atoms. The first kappa shape index (κ1) is 17.5. The lowest BCUT2D eigenvalue weighted by atomic mass is 10.2. The number of halogens is 2. The quantitative estimate of drug-likeness (QED) is 0.706. The summed E-state index contributed by atoms with van der Waals surface area (Å²) < 4.78 is 29.0. The normalized spacial score (nSPS) is 11.1. The van der Waals surface area contributed by atoms with Crippen LogP contribution in [0.4, 0.5) is 14.5 Å². The van der Waals surface area contributed by atoms with Crippen LogP contribution >= 0.6 is 0 Å². The van der Waals surface area contributed by atoms with Crippen LogP contribution < -0.4 is 5.32 Å². The van der Waals surface area contributed by atoms with Crippen LogP contribution in [0.15, 0.2) is 54.6 Å². The van der Waals surface area contributed by atoms with Crippen molar-refractivity contribution in [2.45, 2.75) is 13.8 Å². The Morgan fingerprint density at radius 1 is 1.04 bits per heavy atom. The molecule has 2 aromatic carbocycles. The van der Waals surface area contributed by atoms with Gasteiger partial charge in [0.1, 0.15) is 17.3 Å². The number of carbonyl (C=O) groups is 1.